The second-order valence-corrected chi connectivity index (χ2v) is 5.96. The molecule has 3 unspecified atom stereocenters. The van der Waals surface area contributed by atoms with Crippen LogP contribution in [0.25, 0.3) is 0 Å². The van der Waals surface area contributed by atoms with Crippen LogP contribution >= 0.6 is 0 Å². The van der Waals surface area contributed by atoms with Gasteiger partial charge in [0.15, 0.2) is 0 Å². The molecule has 2 N–H and O–H groups in total. The van der Waals surface area contributed by atoms with E-state index in [-0.39, 0.29) is 5.54 Å². The highest BCUT2D eigenvalue weighted by Crippen LogP contribution is 2.17. The highest BCUT2D eigenvalue weighted by atomic mass is 15.3. The molecule has 0 saturated carbocycles. The van der Waals surface area contributed by atoms with Crippen LogP contribution in [0.2, 0.25) is 0 Å². The Bertz CT molecular complexity index is 203. The van der Waals surface area contributed by atoms with Crippen LogP contribution in [0.5, 0.6) is 0 Å². The van der Waals surface area contributed by atoms with Gasteiger partial charge >= 0.3 is 0 Å². The van der Waals surface area contributed by atoms with Gasteiger partial charge in [-0.3, -0.25) is 9.80 Å². The smallest absolute Gasteiger partial charge is 0.0254 e. The van der Waals surface area contributed by atoms with Crippen LogP contribution in [0.15, 0.2) is 0 Å². The lowest BCUT2D eigenvalue weighted by Crippen LogP contribution is -2.59. The molecule has 0 bridgehead atoms. The molecule has 1 aliphatic rings. The fraction of sp³-hybridized carbons (Fsp3) is 1.00. The van der Waals surface area contributed by atoms with Gasteiger partial charge in [-0.05, 0) is 34.2 Å². The minimum Gasteiger partial charge on any atom is -0.324 e. The van der Waals surface area contributed by atoms with Gasteiger partial charge in [-0.2, -0.15) is 0 Å². The van der Waals surface area contributed by atoms with Crippen molar-refractivity contribution in [2.45, 2.75) is 58.2 Å². The first-order valence-electron chi connectivity index (χ1n) is 6.59. The lowest BCUT2D eigenvalue weighted by molar-refractivity contribution is 0.0472. The Kier molecular flexibility index (Phi) is 4.77. The summed E-state index contributed by atoms with van der Waals surface area (Å²) >= 11 is 0. The van der Waals surface area contributed by atoms with Gasteiger partial charge in [-0.25, -0.2) is 0 Å². The van der Waals surface area contributed by atoms with Crippen LogP contribution in [0, 0.1) is 0 Å². The van der Waals surface area contributed by atoms with Crippen molar-refractivity contribution in [2.24, 2.45) is 5.73 Å². The van der Waals surface area contributed by atoms with E-state index in [4.69, 9.17) is 5.73 Å². The van der Waals surface area contributed by atoms with Crippen molar-refractivity contribution in [3.8, 4) is 0 Å². The number of nitrogens with zero attached hydrogens (tertiary/aromatic N) is 2. The summed E-state index contributed by atoms with van der Waals surface area (Å²) in [4.78, 5) is 5.00. The second-order valence-electron chi connectivity index (χ2n) is 5.96. The molecule has 1 fully saturated rings. The fourth-order valence-electron chi connectivity index (χ4n) is 2.80. The molecule has 1 heterocycles. The average molecular weight is 227 g/mol. The van der Waals surface area contributed by atoms with Gasteiger partial charge in [0.05, 0.1) is 0 Å². The Balaban J connectivity index is 2.50. The average Bonchev–Trinajstić information content (AvgIpc) is 2.13. The van der Waals surface area contributed by atoms with Gasteiger partial charge in [0.25, 0.3) is 0 Å². The van der Waals surface area contributed by atoms with Crippen LogP contribution in [-0.4, -0.2) is 54.1 Å². The van der Waals surface area contributed by atoms with Crippen molar-refractivity contribution in [3.05, 3.63) is 0 Å². The van der Waals surface area contributed by atoms with Crippen LogP contribution in [0.3, 0.4) is 0 Å². The Morgan fingerprint density at radius 2 is 1.75 bits per heavy atom. The number of hydrogen-bond acceptors (Lipinski definition) is 3. The van der Waals surface area contributed by atoms with E-state index in [1.807, 2.05) is 0 Å². The molecule has 96 valence electrons. The number of rotatable bonds is 4. The molecule has 1 aliphatic heterocycles. The SMILES string of the molecule is CCCC(C)(N)CN1CC(C)N(C)C(C)C1. The third kappa shape index (κ3) is 3.72. The molecule has 0 aromatic heterocycles. The highest BCUT2D eigenvalue weighted by molar-refractivity contribution is 4.88. The van der Waals surface area contributed by atoms with Crippen molar-refractivity contribution in [1.82, 2.24) is 9.80 Å². The summed E-state index contributed by atoms with van der Waals surface area (Å²) in [5.74, 6) is 0. The highest BCUT2D eigenvalue weighted by Gasteiger charge is 2.30. The molecule has 0 aromatic rings. The van der Waals surface area contributed by atoms with Crippen molar-refractivity contribution in [1.29, 1.82) is 0 Å². The lowest BCUT2D eigenvalue weighted by atomic mass is 9.95. The minimum atomic E-state index is -0.0237. The first-order chi connectivity index (χ1) is 7.35. The summed E-state index contributed by atoms with van der Waals surface area (Å²) in [7, 11) is 2.22. The lowest BCUT2D eigenvalue weighted by Gasteiger charge is -2.44. The van der Waals surface area contributed by atoms with Crippen LogP contribution < -0.4 is 5.73 Å². The van der Waals surface area contributed by atoms with E-state index in [1.54, 1.807) is 0 Å². The molecule has 0 aliphatic carbocycles. The van der Waals surface area contributed by atoms with Crippen LogP contribution in [-0.2, 0) is 0 Å². The summed E-state index contributed by atoms with van der Waals surface area (Å²) in [6.45, 7) is 12.3. The van der Waals surface area contributed by atoms with Crippen molar-refractivity contribution < 1.29 is 0 Å². The maximum absolute atomic E-state index is 6.33. The van der Waals surface area contributed by atoms with Gasteiger partial charge in [0.2, 0.25) is 0 Å². The molecule has 0 radical (unpaired) electrons. The van der Waals surface area contributed by atoms with Crippen molar-refractivity contribution in [3.63, 3.8) is 0 Å². The standard InChI is InChI=1S/C13H29N3/c1-6-7-13(4,14)10-16-8-11(2)15(5)12(3)9-16/h11-12H,6-10,14H2,1-5H3. The van der Waals surface area contributed by atoms with E-state index in [1.165, 1.54) is 6.42 Å². The molecule has 16 heavy (non-hydrogen) atoms. The Morgan fingerprint density at radius 1 is 1.25 bits per heavy atom. The molecule has 3 heteroatoms. The van der Waals surface area contributed by atoms with E-state index in [0.29, 0.717) is 12.1 Å². The van der Waals surface area contributed by atoms with E-state index >= 15 is 0 Å². The predicted octanol–water partition coefficient (Wildman–Crippen LogP) is 1.53. The third-order valence-corrected chi connectivity index (χ3v) is 3.84. The molecule has 0 amide bonds. The number of hydrogen-bond donors (Lipinski definition) is 1. The summed E-state index contributed by atoms with van der Waals surface area (Å²) < 4.78 is 0. The summed E-state index contributed by atoms with van der Waals surface area (Å²) in [6.07, 6.45) is 2.29. The van der Waals surface area contributed by atoms with E-state index in [0.717, 1.165) is 26.1 Å². The van der Waals surface area contributed by atoms with E-state index < -0.39 is 0 Å². The van der Waals surface area contributed by atoms with Gasteiger partial charge in [0, 0.05) is 37.3 Å². The maximum Gasteiger partial charge on any atom is 0.0254 e. The largest absolute Gasteiger partial charge is 0.324 e. The zero-order valence-corrected chi connectivity index (χ0v) is 11.7. The molecule has 0 spiro atoms. The quantitative estimate of drug-likeness (QED) is 0.790. The Morgan fingerprint density at radius 3 is 2.19 bits per heavy atom. The maximum atomic E-state index is 6.33. The fourth-order valence-corrected chi connectivity index (χ4v) is 2.80. The van der Waals surface area contributed by atoms with E-state index in [2.05, 4.69) is 44.5 Å². The molecule has 0 aromatic carbocycles. The first-order valence-corrected chi connectivity index (χ1v) is 6.59. The van der Waals surface area contributed by atoms with Crippen molar-refractivity contribution >= 4 is 0 Å². The Labute approximate surface area is 101 Å². The van der Waals surface area contributed by atoms with Gasteiger partial charge in [-0.1, -0.05) is 13.3 Å². The summed E-state index contributed by atoms with van der Waals surface area (Å²) in [5, 5.41) is 0. The monoisotopic (exact) mass is 227 g/mol. The molecule has 3 nitrogen and oxygen atoms in total. The topological polar surface area (TPSA) is 32.5 Å². The molecule has 1 rings (SSSR count). The third-order valence-electron chi connectivity index (χ3n) is 3.84. The Hall–Kier alpha value is -0.120. The van der Waals surface area contributed by atoms with Crippen LogP contribution in [0.1, 0.15) is 40.5 Å². The zero-order chi connectivity index (χ0) is 12.3. The van der Waals surface area contributed by atoms with Crippen molar-refractivity contribution in [2.75, 3.05) is 26.7 Å². The normalized spacial score (nSPS) is 32.6. The first kappa shape index (κ1) is 13.9. The zero-order valence-electron chi connectivity index (χ0n) is 11.7. The van der Waals surface area contributed by atoms with Gasteiger partial charge in [-0.15, -0.1) is 0 Å². The number of likely N-dealkylation sites (N-methyl/N-ethyl adjacent to an activating group) is 1. The molecular weight excluding hydrogens is 198 g/mol. The van der Waals surface area contributed by atoms with Gasteiger partial charge < -0.3 is 5.73 Å². The number of nitrogens with two attached hydrogens (primary N) is 1. The second kappa shape index (κ2) is 5.48. The summed E-state index contributed by atoms with van der Waals surface area (Å²) in [5.41, 5.74) is 6.30. The van der Waals surface area contributed by atoms with Crippen LogP contribution in [0.4, 0.5) is 0 Å². The van der Waals surface area contributed by atoms with Gasteiger partial charge in [0.1, 0.15) is 0 Å². The molecule has 1 saturated heterocycles. The van der Waals surface area contributed by atoms with E-state index in [9.17, 15) is 0 Å². The molecule has 3 atom stereocenters. The number of piperazine rings is 1. The minimum absolute atomic E-state index is 0.0237. The summed E-state index contributed by atoms with van der Waals surface area (Å²) in [6, 6.07) is 1.28. The predicted molar refractivity (Wildman–Crippen MR) is 70.6 cm³/mol. The molecular formula is C13H29N3.